The maximum absolute atomic E-state index is 15.4. The summed E-state index contributed by atoms with van der Waals surface area (Å²) in [7, 11) is -4.53. The summed E-state index contributed by atoms with van der Waals surface area (Å²) in [6.07, 6.45) is 4.90. The number of rotatable bonds is 10. The molecule has 1 aliphatic rings. The Kier molecular flexibility index (Phi) is 8.17. The number of hydrogen-bond donors (Lipinski definition) is 3. The van der Waals surface area contributed by atoms with Crippen LogP contribution >= 0.6 is 22.6 Å². The number of carbonyl (C=O) groups is 1. The summed E-state index contributed by atoms with van der Waals surface area (Å²) in [6, 6.07) is 9.17. The van der Waals surface area contributed by atoms with Gasteiger partial charge < -0.3 is 5.32 Å². The molecule has 190 valence electrons. The lowest BCUT2D eigenvalue weighted by atomic mass is 10.1. The van der Waals surface area contributed by atoms with Crippen molar-refractivity contribution >= 4 is 49.9 Å². The topological polar surface area (TPSA) is 109 Å². The normalized spacial score (nSPS) is 13.4. The van der Waals surface area contributed by atoms with Crippen LogP contribution in [-0.4, -0.2) is 25.9 Å². The minimum atomic E-state index is -4.53. The quantitative estimate of drug-likeness (QED) is 0.224. The van der Waals surface area contributed by atoms with Crippen molar-refractivity contribution in [2.24, 2.45) is 5.92 Å². The van der Waals surface area contributed by atoms with Gasteiger partial charge in [0.25, 0.3) is 5.91 Å². The Morgan fingerprint density at radius 2 is 1.86 bits per heavy atom. The number of amides is 1. The molecule has 4 rings (SSSR count). The smallest absolute Gasteiger partial charge is 0.277 e. The van der Waals surface area contributed by atoms with Gasteiger partial charge in [0.05, 0.1) is 17.9 Å². The number of nitrogens with zero attached hydrogens (tertiary/aromatic N) is 1. The molecule has 3 N–H and O–H groups in total. The fourth-order valence-corrected chi connectivity index (χ4v) is 5.08. The molecule has 1 aliphatic carbocycles. The predicted molar refractivity (Wildman–Crippen MR) is 138 cm³/mol. The zero-order valence-corrected chi connectivity index (χ0v) is 22.1. The lowest BCUT2D eigenvalue weighted by molar-refractivity contribution is 0.0270. The Bertz CT molecular complexity index is 1390. The van der Waals surface area contributed by atoms with E-state index in [1.165, 1.54) is 12.4 Å². The van der Waals surface area contributed by atoms with Gasteiger partial charge in [0, 0.05) is 28.2 Å². The number of hydroxylamine groups is 1. The van der Waals surface area contributed by atoms with E-state index in [9.17, 15) is 13.2 Å². The highest BCUT2D eigenvalue weighted by Gasteiger charge is 2.30. The van der Waals surface area contributed by atoms with E-state index in [0.29, 0.717) is 22.7 Å². The third kappa shape index (κ3) is 6.35. The molecule has 1 fully saturated rings. The summed E-state index contributed by atoms with van der Waals surface area (Å²) in [6.45, 7) is 1.85. The van der Waals surface area contributed by atoms with E-state index in [0.717, 1.165) is 22.5 Å². The SMILES string of the molecule is Cc1cc(I)ccc1Nc1c(C(=O)NOCC2CC2)cc(S(=O)(=O)NCc2ccncc2)c(F)c1F. The van der Waals surface area contributed by atoms with E-state index in [-0.39, 0.29) is 13.2 Å². The first kappa shape index (κ1) is 26.4. The molecule has 1 amide bonds. The number of benzene rings is 2. The first-order valence-electron chi connectivity index (χ1n) is 11.0. The van der Waals surface area contributed by atoms with Crippen LogP contribution in [0.3, 0.4) is 0 Å². The van der Waals surface area contributed by atoms with Gasteiger partial charge in [0.2, 0.25) is 10.0 Å². The Morgan fingerprint density at radius 3 is 2.53 bits per heavy atom. The van der Waals surface area contributed by atoms with E-state index >= 15 is 8.78 Å². The average molecular weight is 628 g/mol. The third-order valence-corrected chi connectivity index (χ3v) is 7.62. The average Bonchev–Trinajstić information content (AvgIpc) is 3.67. The van der Waals surface area contributed by atoms with E-state index in [4.69, 9.17) is 4.84 Å². The molecule has 1 saturated carbocycles. The molecule has 1 aromatic heterocycles. The van der Waals surface area contributed by atoms with Gasteiger partial charge in [0.15, 0.2) is 11.6 Å². The Hall–Kier alpha value is -2.68. The van der Waals surface area contributed by atoms with Crippen LogP contribution < -0.4 is 15.5 Å². The van der Waals surface area contributed by atoms with Crippen LogP contribution in [0.1, 0.15) is 34.3 Å². The fourth-order valence-electron chi connectivity index (χ4n) is 3.32. The lowest BCUT2D eigenvalue weighted by Gasteiger charge is -2.18. The lowest BCUT2D eigenvalue weighted by Crippen LogP contribution is -2.28. The number of nitrogens with one attached hydrogen (secondary N) is 3. The number of pyridine rings is 1. The molecule has 12 heteroatoms. The third-order valence-electron chi connectivity index (χ3n) is 5.55. The van der Waals surface area contributed by atoms with E-state index in [1.54, 1.807) is 31.2 Å². The number of halogens is 3. The molecule has 8 nitrogen and oxygen atoms in total. The van der Waals surface area contributed by atoms with Crippen LogP contribution in [0.4, 0.5) is 20.2 Å². The standard InChI is InChI=1S/C24H23F2IN4O4S/c1-14-10-17(27)4-5-19(14)30-23-18(24(32)31-35-13-16-2-3-16)11-20(21(25)22(23)26)36(33,34)29-12-15-6-8-28-9-7-15/h4-11,16,29-30H,2-3,12-13H2,1H3,(H,31,32). The second-order valence-electron chi connectivity index (χ2n) is 8.38. The molecule has 0 bridgehead atoms. The van der Waals surface area contributed by atoms with Crippen molar-refractivity contribution in [2.45, 2.75) is 31.2 Å². The highest BCUT2D eigenvalue weighted by Crippen LogP contribution is 2.33. The molecule has 36 heavy (non-hydrogen) atoms. The van der Waals surface area contributed by atoms with Crippen molar-refractivity contribution in [3.63, 3.8) is 0 Å². The first-order valence-corrected chi connectivity index (χ1v) is 13.6. The molecular formula is C24H23F2IN4O4S. The van der Waals surface area contributed by atoms with Gasteiger partial charge >= 0.3 is 0 Å². The molecule has 0 atom stereocenters. The summed E-state index contributed by atoms with van der Waals surface area (Å²) in [5, 5.41) is 2.75. The van der Waals surface area contributed by atoms with Crippen molar-refractivity contribution in [3.05, 3.63) is 80.7 Å². The molecular weight excluding hydrogens is 605 g/mol. The van der Waals surface area contributed by atoms with Crippen LogP contribution in [0.2, 0.25) is 0 Å². The molecule has 0 radical (unpaired) electrons. The van der Waals surface area contributed by atoms with Gasteiger partial charge in [-0.3, -0.25) is 14.6 Å². The van der Waals surface area contributed by atoms with Gasteiger partial charge in [-0.05, 0) is 95.8 Å². The molecule has 0 unspecified atom stereocenters. The fraction of sp³-hybridized carbons (Fsp3) is 0.250. The monoisotopic (exact) mass is 628 g/mol. The van der Waals surface area contributed by atoms with E-state index in [1.807, 2.05) is 6.07 Å². The minimum absolute atomic E-state index is 0.181. The number of hydrogen-bond acceptors (Lipinski definition) is 6. The molecule has 0 aliphatic heterocycles. The summed E-state index contributed by atoms with van der Waals surface area (Å²) in [5.41, 5.74) is 2.99. The Labute approximate surface area is 221 Å². The Morgan fingerprint density at radius 1 is 1.14 bits per heavy atom. The van der Waals surface area contributed by atoms with Crippen LogP contribution in [0.15, 0.2) is 53.7 Å². The zero-order valence-electron chi connectivity index (χ0n) is 19.1. The van der Waals surface area contributed by atoms with Crippen molar-refractivity contribution in [1.29, 1.82) is 0 Å². The van der Waals surface area contributed by atoms with Crippen molar-refractivity contribution in [3.8, 4) is 0 Å². The summed E-state index contributed by atoms with van der Waals surface area (Å²) >= 11 is 2.11. The van der Waals surface area contributed by atoms with Crippen LogP contribution in [-0.2, 0) is 21.4 Å². The van der Waals surface area contributed by atoms with Gasteiger partial charge in [0.1, 0.15) is 4.90 Å². The minimum Gasteiger partial charge on any atom is -0.352 e. The molecule has 0 spiro atoms. The highest BCUT2D eigenvalue weighted by atomic mass is 127. The maximum atomic E-state index is 15.4. The molecule has 2 aromatic carbocycles. The van der Waals surface area contributed by atoms with Crippen LogP contribution in [0.25, 0.3) is 0 Å². The van der Waals surface area contributed by atoms with Crippen LogP contribution in [0.5, 0.6) is 0 Å². The van der Waals surface area contributed by atoms with Crippen LogP contribution in [0, 0.1) is 28.0 Å². The van der Waals surface area contributed by atoms with Crippen molar-refractivity contribution < 1.29 is 26.8 Å². The van der Waals surface area contributed by atoms with Gasteiger partial charge in [-0.2, -0.15) is 0 Å². The second-order valence-corrected chi connectivity index (χ2v) is 11.4. The van der Waals surface area contributed by atoms with E-state index < -0.39 is 43.7 Å². The summed E-state index contributed by atoms with van der Waals surface area (Å²) in [4.78, 5) is 21.0. The van der Waals surface area contributed by atoms with Gasteiger partial charge in [-0.25, -0.2) is 27.4 Å². The number of carbonyl (C=O) groups excluding carboxylic acids is 1. The van der Waals surface area contributed by atoms with E-state index in [2.05, 4.69) is 43.1 Å². The molecule has 3 aromatic rings. The molecule has 1 heterocycles. The summed E-state index contributed by atoms with van der Waals surface area (Å²) < 4.78 is 59.5. The number of sulfonamides is 1. The number of aromatic nitrogens is 1. The maximum Gasteiger partial charge on any atom is 0.277 e. The predicted octanol–water partition coefficient (Wildman–Crippen LogP) is 4.57. The zero-order chi connectivity index (χ0) is 25.9. The van der Waals surface area contributed by atoms with Crippen molar-refractivity contribution in [1.82, 2.24) is 15.2 Å². The first-order chi connectivity index (χ1) is 17.2. The molecule has 0 saturated heterocycles. The summed E-state index contributed by atoms with van der Waals surface area (Å²) in [5.74, 6) is -3.70. The van der Waals surface area contributed by atoms with Gasteiger partial charge in [-0.1, -0.05) is 0 Å². The van der Waals surface area contributed by atoms with Gasteiger partial charge in [-0.15, -0.1) is 0 Å². The number of anilines is 2. The Balaban J connectivity index is 1.70. The van der Waals surface area contributed by atoms with Crippen molar-refractivity contribution in [2.75, 3.05) is 11.9 Å². The highest BCUT2D eigenvalue weighted by molar-refractivity contribution is 14.1. The number of aryl methyl sites for hydroxylation is 1. The second kappa shape index (κ2) is 11.2. The largest absolute Gasteiger partial charge is 0.352 e.